The Morgan fingerprint density at radius 2 is 2.00 bits per heavy atom. The van der Waals surface area contributed by atoms with Crippen LogP contribution in [-0.4, -0.2) is 19.3 Å². The molecule has 20 heavy (non-hydrogen) atoms. The van der Waals surface area contributed by atoms with Crippen LogP contribution in [0, 0.1) is 12.3 Å². The highest BCUT2D eigenvalue weighted by molar-refractivity contribution is 7.94. The number of allylic oxidation sites excluding steroid dienone is 1. The molecule has 0 saturated carbocycles. The molecule has 6 heteroatoms. The van der Waals surface area contributed by atoms with Gasteiger partial charge in [0.25, 0.3) is 0 Å². The van der Waals surface area contributed by atoms with E-state index < -0.39 is 9.84 Å². The van der Waals surface area contributed by atoms with E-state index in [2.05, 4.69) is 5.32 Å². The highest BCUT2D eigenvalue weighted by Gasteiger charge is 2.32. The third-order valence-electron chi connectivity index (χ3n) is 3.31. The molecule has 1 heterocycles. The topological polar surface area (TPSA) is 92.4 Å². The SMILES string of the molecule is Cc1ccc(O)c(NC2=CS(=O)(=O)CC(C)(C)C2)c1N. The molecule has 5 nitrogen and oxygen atoms in total. The normalized spacial score (nSPS) is 20.2. The van der Waals surface area contributed by atoms with E-state index in [9.17, 15) is 13.5 Å². The molecule has 0 unspecified atom stereocenters. The van der Waals surface area contributed by atoms with Gasteiger partial charge in [-0.2, -0.15) is 0 Å². The van der Waals surface area contributed by atoms with Crippen LogP contribution in [0.3, 0.4) is 0 Å². The van der Waals surface area contributed by atoms with Crippen LogP contribution in [0.25, 0.3) is 0 Å². The van der Waals surface area contributed by atoms with Crippen molar-refractivity contribution in [3.63, 3.8) is 0 Å². The van der Waals surface area contributed by atoms with Crippen molar-refractivity contribution in [3.05, 3.63) is 28.8 Å². The van der Waals surface area contributed by atoms with Gasteiger partial charge in [0.05, 0.1) is 11.4 Å². The zero-order valence-electron chi connectivity index (χ0n) is 11.9. The third-order valence-corrected chi connectivity index (χ3v) is 5.14. The quantitative estimate of drug-likeness (QED) is 0.575. The number of benzene rings is 1. The maximum Gasteiger partial charge on any atom is 0.173 e. The molecule has 1 aliphatic heterocycles. The number of aromatic hydroxyl groups is 1. The molecule has 1 aromatic carbocycles. The molecule has 0 aliphatic carbocycles. The predicted molar refractivity (Wildman–Crippen MR) is 81.1 cm³/mol. The molecule has 0 fully saturated rings. The molecule has 0 spiro atoms. The van der Waals surface area contributed by atoms with Crippen LogP contribution in [0.15, 0.2) is 23.2 Å². The van der Waals surface area contributed by atoms with E-state index in [1.165, 1.54) is 11.5 Å². The number of hydrogen-bond donors (Lipinski definition) is 3. The number of nitrogen functional groups attached to an aromatic ring is 1. The molecular weight excluding hydrogens is 276 g/mol. The van der Waals surface area contributed by atoms with Crippen LogP contribution >= 0.6 is 0 Å². The summed E-state index contributed by atoms with van der Waals surface area (Å²) in [4.78, 5) is 0. The number of phenols is 1. The average Bonchev–Trinajstić information content (AvgIpc) is 2.25. The van der Waals surface area contributed by atoms with Crippen LogP contribution in [0.1, 0.15) is 25.8 Å². The lowest BCUT2D eigenvalue weighted by molar-refractivity contribution is 0.404. The maximum absolute atomic E-state index is 11.9. The number of rotatable bonds is 2. The van der Waals surface area contributed by atoms with E-state index in [1.807, 2.05) is 20.8 Å². The minimum atomic E-state index is -3.24. The average molecular weight is 296 g/mol. The molecule has 0 radical (unpaired) electrons. The summed E-state index contributed by atoms with van der Waals surface area (Å²) in [6.45, 7) is 5.63. The van der Waals surface area contributed by atoms with Crippen LogP contribution in [-0.2, 0) is 9.84 Å². The zero-order chi connectivity index (χ0) is 15.1. The van der Waals surface area contributed by atoms with Crippen molar-refractivity contribution in [1.82, 2.24) is 0 Å². The molecule has 1 aromatic rings. The van der Waals surface area contributed by atoms with Crippen LogP contribution in [0.5, 0.6) is 5.75 Å². The Bertz CT molecular complexity index is 676. The largest absolute Gasteiger partial charge is 0.506 e. The van der Waals surface area contributed by atoms with Gasteiger partial charge in [-0.25, -0.2) is 8.42 Å². The first-order valence-corrected chi connectivity index (χ1v) is 8.10. The first kappa shape index (κ1) is 14.7. The molecule has 0 aromatic heterocycles. The Morgan fingerprint density at radius 3 is 2.60 bits per heavy atom. The van der Waals surface area contributed by atoms with Gasteiger partial charge in [0.1, 0.15) is 11.4 Å². The monoisotopic (exact) mass is 296 g/mol. The Labute approximate surface area is 119 Å². The second-order valence-corrected chi connectivity index (χ2v) is 7.96. The van der Waals surface area contributed by atoms with Crippen molar-refractivity contribution < 1.29 is 13.5 Å². The molecule has 0 atom stereocenters. The summed E-state index contributed by atoms with van der Waals surface area (Å²) in [5.74, 6) is 0.135. The Hall–Kier alpha value is -1.69. The summed E-state index contributed by atoms with van der Waals surface area (Å²) in [6, 6.07) is 3.25. The predicted octanol–water partition coefficient (Wildman–Crippen LogP) is 2.38. The van der Waals surface area contributed by atoms with Crippen LogP contribution < -0.4 is 11.1 Å². The van der Waals surface area contributed by atoms with Crippen LogP contribution in [0.4, 0.5) is 11.4 Å². The molecule has 110 valence electrons. The number of aryl methyl sites for hydroxylation is 1. The Morgan fingerprint density at radius 1 is 1.35 bits per heavy atom. The van der Waals surface area contributed by atoms with Gasteiger partial charge in [-0.05, 0) is 30.4 Å². The summed E-state index contributed by atoms with van der Waals surface area (Å²) < 4.78 is 23.8. The molecule has 0 saturated heterocycles. The smallest absolute Gasteiger partial charge is 0.173 e. The van der Waals surface area contributed by atoms with Crippen molar-refractivity contribution in [2.24, 2.45) is 5.41 Å². The van der Waals surface area contributed by atoms with Gasteiger partial charge < -0.3 is 16.2 Å². The Balaban J connectivity index is 2.40. The zero-order valence-corrected chi connectivity index (χ0v) is 12.7. The Kier molecular flexibility index (Phi) is 3.46. The van der Waals surface area contributed by atoms with E-state index in [1.54, 1.807) is 6.07 Å². The molecule has 0 bridgehead atoms. The molecular formula is C14H20N2O3S. The van der Waals surface area contributed by atoms with Gasteiger partial charge in [-0.3, -0.25) is 0 Å². The molecule has 0 amide bonds. The fourth-order valence-electron chi connectivity index (χ4n) is 2.49. The van der Waals surface area contributed by atoms with Gasteiger partial charge in [0.15, 0.2) is 9.84 Å². The maximum atomic E-state index is 11.9. The fraction of sp³-hybridized carbons (Fsp3) is 0.429. The first-order chi connectivity index (χ1) is 9.10. The first-order valence-electron chi connectivity index (χ1n) is 6.38. The molecule has 4 N–H and O–H groups in total. The van der Waals surface area contributed by atoms with Crippen molar-refractivity contribution in [2.45, 2.75) is 27.2 Å². The standard InChI is InChI=1S/C14H20N2O3S/c1-9-4-5-11(17)13(12(9)15)16-10-6-14(2,3)8-20(18,19)7-10/h4-5,7,16-17H,6,8,15H2,1-3H3. The minimum Gasteiger partial charge on any atom is -0.506 e. The van der Waals surface area contributed by atoms with Crippen molar-refractivity contribution >= 4 is 21.2 Å². The number of anilines is 2. The van der Waals surface area contributed by atoms with E-state index >= 15 is 0 Å². The number of nitrogens with one attached hydrogen (secondary N) is 1. The number of phenolic OH excluding ortho intramolecular Hbond substituents is 1. The van der Waals surface area contributed by atoms with Gasteiger partial charge in [-0.1, -0.05) is 19.9 Å². The second-order valence-electron chi connectivity index (χ2n) is 6.11. The van der Waals surface area contributed by atoms with Crippen molar-refractivity contribution in [3.8, 4) is 5.75 Å². The minimum absolute atomic E-state index is 0.00905. The second kappa shape index (κ2) is 4.70. The summed E-state index contributed by atoms with van der Waals surface area (Å²) in [7, 11) is -3.24. The summed E-state index contributed by atoms with van der Waals surface area (Å²) in [6.07, 6.45) is 0.582. The van der Waals surface area contributed by atoms with Gasteiger partial charge >= 0.3 is 0 Å². The highest BCUT2D eigenvalue weighted by Crippen LogP contribution is 2.38. The number of hydrogen-bond acceptors (Lipinski definition) is 5. The highest BCUT2D eigenvalue weighted by atomic mass is 32.2. The van der Waals surface area contributed by atoms with E-state index in [4.69, 9.17) is 5.73 Å². The fourth-order valence-corrected chi connectivity index (χ4v) is 4.34. The summed E-state index contributed by atoms with van der Waals surface area (Å²) >= 11 is 0. The van der Waals surface area contributed by atoms with Gasteiger partial charge in [0.2, 0.25) is 0 Å². The lowest BCUT2D eigenvalue weighted by Gasteiger charge is -2.30. The van der Waals surface area contributed by atoms with Crippen LogP contribution in [0.2, 0.25) is 0 Å². The van der Waals surface area contributed by atoms with Gasteiger partial charge in [-0.15, -0.1) is 0 Å². The van der Waals surface area contributed by atoms with E-state index in [0.717, 1.165) is 5.56 Å². The molecule has 1 aliphatic rings. The van der Waals surface area contributed by atoms with E-state index in [-0.39, 0.29) is 16.9 Å². The van der Waals surface area contributed by atoms with Gasteiger partial charge in [0, 0.05) is 11.1 Å². The van der Waals surface area contributed by atoms with Crippen molar-refractivity contribution in [1.29, 1.82) is 0 Å². The van der Waals surface area contributed by atoms with Crippen molar-refractivity contribution in [2.75, 3.05) is 16.8 Å². The summed E-state index contributed by atoms with van der Waals surface area (Å²) in [5, 5.41) is 14.1. The molecule has 2 rings (SSSR count). The lowest BCUT2D eigenvalue weighted by atomic mass is 9.90. The number of nitrogens with two attached hydrogens (primary N) is 1. The van der Waals surface area contributed by atoms with E-state index in [0.29, 0.717) is 23.5 Å². The lowest BCUT2D eigenvalue weighted by Crippen LogP contribution is -2.29. The third kappa shape index (κ3) is 3.07. The summed E-state index contributed by atoms with van der Waals surface area (Å²) in [5.41, 5.74) is 7.75. The number of sulfone groups is 1.